The lowest BCUT2D eigenvalue weighted by Crippen LogP contribution is -2.15. The molecule has 36 heavy (non-hydrogen) atoms. The van der Waals surface area contributed by atoms with Gasteiger partial charge >= 0.3 is 11.9 Å². The molecule has 0 fully saturated rings. The third kappa shape index (κ3) is 4.75. The van der Waals surface area contributed by atoms with Gasteiger partial charge in [0.15, 0.2) is 5.69 Å². The van der Waals surface area contributed by atoms with Crippen molar-refractivity contribution in [3.8, 4) is 11.1 Å². The summed E-state index contributed by atoms with van der Waals surface area (Å²) < 4.78 is 7.08. The van der Waals surface area contributed by atoms with E-state index in [9.17, 15) is 19.8 Å². The Morgan fingerprint density at radius 1 is 1.03 bits per heavy atom. The minimum absolute atomic E-state index is 0.211. The summed E-state index contributed by atoms with van der Waals surface area (Å²) >= 11 is 0. The van der Waals surface area contributed by atoms with E-state index in [2.05, 4.69) is 6.92 Å². The van der Waals surface area contributed by atoms with Gasteiger partial charge in [0.05, 0.1) is 23.6 Å². The lowest BCUT2D eigenvalue weighted by Gasteiger charge is -2.17. The number of unbranched alkanes of at least 4 members (excludes halogenated alkanes) is 1. The molecule has 2 aromatic heterocycles. The number of hydrogen-bond acceptors (Lipinski definition) is 5. The monoisotopic (exact) mass is 486 g/mol. The van der Waals surface area contributed by atoms with Crippen molar-refractivity contribution in [2.75, 3.05) is 6.61 Å². The fourth-order valence-electron chi connectivity index (χ4n) is 4.42. The van der Waals surface area contributed by atoms with Crippen LogP contribution >= 0.6 is 0 Å². The van der Waals surface area contributed by atoms with Crippen LogP contribution < -0.4 is 0 Å². The number of carboxylic acids is 1. The van der Waals surface area contributed by atoms with Crippen LogP contribution in [0.25, 0.3) is 16.8 Å². The molecule has 186 valence electrons. The second-order valence-electron chi connectivity index (χ2n) is 8.71. The molecule has 2 aromatic carbocycles. The molecule has 7 heteroatoms. The van der Waals surface area contributed by atoms with E-state index in [0.29, 0.717) is 40.3 Å². The molecule has 0 aliphatic carbocycles. The van der Waals surface area contributed by atoms with Gasteiger partial charge in [-0.1, -0.05) is 61.9 Å². The molecule has 0 bridgehead atoms. The molecular formula is C29H30N2O5. The summed E-state index contributed by atoms with van der Waals surface area (Å²) in [5, 5.41) is 20.9. The molecule has 1 atom stereocenters. The first kappa shape index (κ1) is 25.1. The fraction of sp³-hybridized carbons (Fsp3) is 0.276. The maximum atomic E-state index is 13.0. The van der Waals surface area contributed by atoms with Crippen LogP contribution in [-0.2, 0) is 11.2 Å². The number of pyridine rings is 1. The van der Waals surface area contributed by atoms with Crippen molar-refractivity contribution in [3.05, 3.63) is 94.4 Å². The first-order valence-corrected chi connectivity index (χ1v) is 12.2. The molecule has 0 saturated carbocycles. The number of rotatable bonds is 9. The Balaban J connectivity index is 1.80. The maximum absolute atomic E-state index is 13.0. The zero-order valence-electron chi connectivity index (χ0n) is 20.7. The number of carbonyl (C=O) groups is 2. The third-order valence-electron chi connectivity index (χ3n) is 6.28. The van der Waals surface area contributed by atoms with Gasteiger partial charge in [-0.15, -0.1) is 0 Å². The van der Waals surface area contributed by atoms with Crippen molar-refractivity contribution in [1.29, 1.82) is 0 Å². The van der Waals surface area contributed by atoms with Crippen molar-refractivity contribution in [2.24, 2.45) is 0 Å². The second kappa shape index (κ2) is 10.7. The van der Waals surface area contributed by atoms with Crippen molar-refractivity contribution in [1.82, 2.24) is 9.38 Å². The fourth-order valence-corrected chi connectivity index (χ4v) is 4.42. The molecule has 2 N–H and O–H groups in total. The molecule has 0 spiro atoms. The zero-order valence-corrected chi connectivity index (χ0v) is 20.7. The lowest BCUT2D eigenvalue weighted by molar-refractivity contribution is 0.0515. The molecule has 0 aliphatic rings. The number of imidazole rings is 1. The third-order valence-corrected chi connectivity index (χ3v) is 6.28. The number of carboxylic acid groups (broad SMARTS) is 1. The summed E-state index contributed by atoms with van der Waals surface area (Å²) in [6, 6.07) is 17.6. The number of fused-ring (bicyclic) bond motifs is 1. The average Bonchev–Trinajstić information content (AvgIpc) is 3.28. The summed E-state index contributed by atoms with van der Waals surface area (Å²) in [5.74, 6) is -1.46. The van der Waals surface area contributed by atoms with Crippen LogP contribution in [0.15, 0.2) is 60.7 Å². The first-order valence-electron chi connectivity index (χ1n) is 12.2. The Hall–Kier alpha value is -3.97. The van der Waals surface area contributed by atoms with Crippen LogP contribution in [0.3, 0.4) is 0 Å². The number of aryl methyl sites for hydroxylation is 2. The Labute approximate surface area is 210 Å². The predicted octanol–water partition coefficient (Wildman–Crippen LogP) is 5.61. The Morgan fingerprint density at radius 2 is 1.75 bits per heavy atom. The molecule has 0 aliphatic heterocycles. The van der Waals surface area contributed by atoms with Crippen molar-refractivity contribution in [2.45, 2.75) is 46.1 Å². The molecular weight excluding hydrogens is 456 g/mol. The predicted molar refractivity (Wildman–Crippen MR) is 137 cm³/mol. The minimum Gasteiger partial charge on any atom is -0.478 e. The SMILES string of the molecule is CCCCc1nc2c(C)ccc([C@H](O)c3ccc(-c4ccccc4C(=O)O)cc3)n2c1C(=O)OCC. The topological polar surface area (TPSA) is 101 Å². The zero-order chi connectivity index (χ0) is 25.8. The van der Waals surface area contributed by atoms with Gasteiger partial charge in [-0.3, -0.25) is 4.40 Å². The summed E-state index contributed by atoms with van der Waals surface area (Å²) in [6.07, 6.45) is 1.44. The molecule has 0 unspecified atom stereocenters. The molecule has 0 radical (unpaired) electrons. The van der Waals surface area contributed by atoms with E-state index in [0.717, 1.165) is 24.0 Å². The number of hydrogen-bond donors (Lipinski definition) is 2. The number of aliphatic hydroxyl groups excluding tert-OH is 1. The van der Waals surface area contributed by atoms with Gasteiger partial charge in [0.25, 0.3) is 0 Å². The number of aromatic nitrogens is 2. The van der Waals surface area contributed by atoms with Gasteiger partial charge in [-0.2, -0.15) is 0 Å². The van der Waals surface area contributed by atoms with E-state index in [4.69, 9.17) is 9.72 Å². The number of aromatic carboxylic acids is 1. The van der Waals surface area contributed by atoms with Gasteiger partial charge in [-0.05, 0) is 61.1 Å². The highest BCUT2D eigenvalue weighted by Crippen LogP contribution is 2.30. The van der Waals surface area contributed by atoms with Crippen LogP contribution in [0, 0.1) is 6.92 Å². The number of aliphatic hydroxyl groups is 1. The quantitative estimate of drug-likeness (QED) is 0.298. The number of esters is 1. The highest BCUT2D eigenvalue weighted by atomic mass is 16.5. The molecule has 0 amide bonds. The van der Waals surface area contributed by atoms with Crippen molar-refractivity contribution >= 4 is 17.6 Å². The van der Waals surface area contributed by atoms with Crippen LogP contribution in [0.1, 0.15) is 76.2 Å². The normalized spacial score (nSPS) is 12.0. The van der Waals surface area contributed by atoms with Gasteiger partial charge in [0.2, 0.25) is 0 Å². The summed E-state index contributed by atoms with van der Waals surface area (Å²) in [7, 11) is 0. The van der Waals surface area contributed by atoms with E-state index < -0.39 is 18.0 Å². The second-order valence-corrected chi connectivity index (χ2v) is 8.71. The summed E-state index contributed by atoms with van der Waals surface area (Å²) in [6.45, 7) is 6.00. The van der Waals surface area contributed by atoms with E-state index in [1.165, 1.54) is 0 Å². The van der Waals surface area contributed by atoms with E-state index in [1.54, 1.807) is 65.9 Å². The number of ether oxygens (including phenoxy) is 1. The highest BCUT2D eigenvalue weighted by molar-refractivity contribution is 5.96. The number of benzene rings is 2. The summed E-state index contributed by atoms with van der Waals surface area (Å²) in [4.78, 5) is 29.4. The van der Waals surface area contributed by atoms with E-state index >= 15 is 0 Å². The maximum Gasteiger partial charge on any atom is 0.357 e. The van der Waals surface area contributed by atoms with Crippen LogP contribution in [0.4, 0.5) is 0 Å². The number of nitrogens with zero attached hydrogens (tertiary/aromatic N) is 2. The smallest absolute Gasteiger partial charge is 0.357 e. The Morgan fingerprint density at radius 3 is 2.42 bits per heavy atom. The first-order chi connectivity index (χ1) is 17.4. The van der Waals surface area contributed by atoms with Gasteiger partial charge < -0.3 is 14.9 Å². The van der Waals surface area contributed by atoms with E-state index in [1.807, 2.05) is 13.0 Å². The average molecular weight is 487 g/mol. The van der Waals surface area contributed by atoms with Gasteiger partial charge in [-0.25, -0.2) is 14.6 Å². The van der Waals surface area contributed by atoms with Gasteiger partial charge in [0.1, 0.15) is 11.8 Å². The van der Waals surface area contributed by atoms with Crippen LogP contribution in [-0.4, -0.2) is 38.1 Å². The van der Waals surface area contributed by atoms with Crippen LogP contribution in [0.2, 0.25) is 0 Å². The highest BCUT2D eigenvalue weighted by Gasteiger charge is 2.26. The van der Waals surface area contributed by atoms with E-state index in [-0.39, 0.29) is 12.2 Å². The summed E-state index contributed by atoms with van der Waals surface area (Å²) in [5.41, 5.74) is 5.18. The standard InChI is InChI=1S/C29H30N2O5/c1-4-6-11-23-25(29(35)36-5-2)31-24(17-12-18(3)27(31)30-23)26(32)20-15-13-19(14-16-20)21-9-7-8-10-22(21)28(33)34/h7-10,12-17,26,32H,4-6,11H2,1-3H3,(H,33,34)/t26-/m1/s1. The molecule has 2 heterocycles. The lowest BCUT2D eigenvalue weighted by atomic mass is 9.97. The van der Waals surface area contributed by atoms with Crippen molar-refractivity contribution < 1.29 is 24.5 Å². The largest absolute Gasteiger partial charge is 0.478 e. The Bertz CT molecular complexity index is 1410. The molecule has 4 aromatic rings. The number of carbonyl (C=O) groups excluding carboxylic acids is 1. The molecule has 7 nitrogen and oxygen atoms in total. The molecule has 4 rings (SSSR count). The minimum atomic E-state index is -1.04. The van der Waals surface area contributed by atoms with Crippen LogP contribution in [0.5, 0.6) is 0 Å². The molecule has 0 saturated heterocycles. The van der Waals surface area contributed by atoms with Crippen molar-refractivity contribution in [3.63, 3.8) is 0 Å². The Kier molecular flexibility index (Phi) is 7.50. The van der Waals surface area contributed by atoms with Gasteiger partial charge in [0, 0.05) is 0 Å².